The van der Waals surface area contributed by atoms with E-state index in [4.69, 9.17) is 4.74 Å². The van der Waals surface area contributed by atoms with Gasteiger partial charge < -0.3 is 15.0 Å². The number of piperidine rings is 3. The quantitative estimate of drug-likeness (QED) is 0.848. The highest BCUT2D eigenvalue weighted by Crippen LogP contribution is 2.28. The molecule has 0 aliphatic carbocycles. The normalized spacial score (nSPS) is 24.6. The summed E-state index contributed by atoms with van der Waals surface area (Å²) in [4.78, 5) is 2.59. The van der Waals surface area contributed by atoms with Crippen LogP contribution in [0.1, 0.15) is 24.0 Å². The van der Waals surface area contributed by atoms with Gasteiger partial charge in [-0.3, -0.25) is 0 Å². The van der Waals surface area contributed by atoms with Gasteiger partial charge in [-0.15, -0.1) is 12.4 Å². The number of fused-ring (bicyclic) bond motifs is 3. The largest absolute Gasteiger partial charge is 0.489 e. The zero-order chi connectivity index (χ0) is 16.2. The van der Waals surface area contributed by atoms with Crippen molar-refractivity contribution in [3.8, 4) is 5.75 Å². The lowest BCUT2D eigenvalue weighted by Gasteiger charge is -2.45. The fraction of sp³-hybridized carbons (Fsp3) is 0.429. The topological polar surface area (TPSA) is 24.5 Å². The molecule has 1 unspecified atom stereocenters. The van der Waals surface area contributed by atoms with Crippen molar-refractivity contribution in [2.24, 2.45) is 5.92 Å². The monoisotopic (exact) mass is 358 g/mol. The summed E-state index contributed by atoms with van der Waals surface area (Å²) < 4.78 is 6.07. The number of hydrogen-bond donors (Lipinski definition) is 1. The van der Waals surface area contributed by atoms with Crippen LogP contribution in [0.2, 0.25) is 0 Å². The molecule has 134 valence electrons. The second-order valence-corrected chi connectivity index (χ2v) is 7.01. The lowest BCUT2D eigenvalue weighted by Crippen LogP contribution is -2.55. The molecule has 3 nitrogen and oxygen atoms in total. The van der Waals surface area contributed by atoms with Crippen molar-refractivity contribution < 1.29 is 4.74 Å². The Hall–Kier alpha value is -1.55. The number of nitrogens with one attached hydrogen (secondary N) is 1. The summed E-state index contributed by atoms with van der Waals surface area (Å²) in [6.07, 6.45) is 2.70. The molecule has 0 amide bonds. The highest BCUT2D eigenvalue weighted by molar-refractivity contribution is 5.85. The standard InChI is InChI=1S/C21H26N2O.ClH/c1-2-6-17(7-3-1)16-24-21-9-5-4-8-19(21)14-22-20-15-23-12-10-18(20)11-13-23;/h1-9,18,20,22H,10-16H2;1H. The molecule has 3 heterocycles. The van der Waals surface area contributed by atoms with Crippen molar-refractivity contribution in [2.75, 3.05) is 19.6 Å². The predicted octanol–water partition coefficient (Wildman–Crippen LogP) is 3.87. The van der Waals surface area contributed by atoms with Crippen LogP contribution in [0.25, 0.3) is 0 Å². The number of benzene rings is 2. The van der Waals surface area contributed by atoms with Crippen molar-refractivity contribution in [1.82, 2.24) is 10.2 Å². The van der Waals surface area contributed by atoms with E-state index in [0.717, 1.165) is 18.2 Å². The Morgan fingerprint density at radius 3 is 2.40 bits per heavy atom. The molecule has 3 aliphatic heterocycles. The molecule has 3 saturated heterocycles. The number of ether oxygens (including phenoxy) is 1. The summed E-state index contributed by atoms with van der Waals surface area (Å²) in [7, 11) is 0. The Morgan fingerprint density at radius 1 is 0.960 bits per heavy atom. The Kier molecular flexibility index (Phi) is 6.35. The second kappa shape index (κ2) is 8.70. The Morgan fingerprint density at radius 2 is 1.68 bits per heavy atom. The first-order valence-electron chi connectivity index (χ1n) is 9.09. The third-order valence-electron chi connectivity index (χ3n) is 5.42. The third-order valence-corrected chi connectivity index (χ3v) is 5.42. The third kappa shape index (κ3) is 4.55. The van der Waals surface area contributed by atoms with Gasteiger partial charge in [-0.05, 0) is 43.5 Å². The van der Waals surface area contributed by atoms with E-state index in [1.165, 1.54) is 43.6 Å². The van der Waals surface area contributed by atoms with E-state index in [0.29, 0.717) is 12.6 Å². The predicted molar refractivity (Wildman–Crippen MR) is 104 cm³/mol. The van der Waals surface area contributed by atoms with Gasteiger partial charge in [0.2, 0.25) is 0 Å². The molecule has 2 aromatic rings. The van der Waals surface area contributed by atoms with Crippen LogP contribution in [-0.4, -0.2) is 30.6 Å². The van der Waals surface area contributed by atoms with Gasteiger partial charge in [-0.1, -0.05) is 48.5 Å². The summed E-state index contributed by atoms with van der Waals surface area (Å²) in [6.45, 7) is 5.30. The van der Waals surface area contributed by atoms with Gasteiger partial charge in [0.25, 0.3) is 0 Å². The van der Waals surface area contributed by atoms with Crippen LogP contribution in [0.15, 0.2) is 54.6 Å². The molecule has 1 atom stereocenters. The van der Waals surface area contributed by atoms with E-state index < -0.39 is 0 Å². The van der Waals surface area contributed by atoms with Gasteiger partial charge in [0.05, 0.1) is 0 Å². The van der Waals surface area contributed by atoms with Crippen LogP contribution in [0.4, 0.5) is 0 Å². The first-order chi connectivity index (χ1) is 11.9. The molecule has 0 saturated carbocycles. The number of rotatable bonds is 6. The summed E-state index contributed by atoms with van der Waals surface area (Å²) >= 11 is 0. The molecule has 4 heteroatoms. The molecule has 0 aromatic heterocycles. The smallest absolute Gasteiger partial charge is 0.124 e. The van der Waals surface area contributed by atoms with Crippen LogP contribution in [0.3, 0.4) is 0 Å². The minimum Gasteiger partial charge on any atom is -0.489 e. The van der Waals surface area contributed by atoms with E-state index >= 15 is 0 Å². The van der Waals surface area contributed by atoms with E-state index in [2.05, 4.69) is 58.7 Å². The first-order valence-corrected chi connectivity index (χ1v) is 9.09. The summed E-state index contributed by atoms with van der Waals surface area (Å²) in [6, 6.07) is 19.4. The van der Waals surface area contributed by atoms with Gasteiger partial charge in [0.15, 0.2) is 0 Å². The van der Waals surface area contributed by atoms with Gasteiger partial charge in [0.1, 0.15) is 12.4 Å². The van der Waals surface area contributed by atoms with Gasteiger partial charge in [0, 0.05) is 24.7 Å². The van der Waals surface area contributed by atoms with Gasteiger partial charge in [-0.25, -0.2) is 0 Å². The second-order valence-electron chi connectivity index (χ2n) is 7.01. The molecule has 1 N–H and O–H groups in total. The SMILES string of the molecule is Cl.c1ccc(COc2ccccc2CNC2CN3CCC2CC3)cc1. The lowest BCUT2D eigenvalue weighted by atomic mass is 9.84. The Bertz CT molecular complexity index is 656. The number of para-hydroxylation sites is 1. The maximum absolute atomic E-state index is 6.07. The van der Waals surface area contributed by atoms with Gasteiger partial charge in [-0.2, -0.15) is 0 Å². The fourth-order valence-corrected chi connectivity index (χ4v) is 3.96. The van der Waals surface area contributed by atoms with Crippen molar-refractivity contribution in [1.29, 1.82) is 0 Å². The average molecular weight is 359 g/mol. The molecule has 0 radical (unpaired) electrons. The lowest BCUT2D eigenvalue weighted by molar-refractivity contribution is 0.0718. The van der Waals surface area contributed by atoms with Crippen LogP contribution in [0, 0.1) is 5.92 Å². The van der Waals surface area contributed by atoms with Crippen molar-refractivity contribution in [2.45, 2.75) is 32.0 Å². The van der Waals surface area contributed by atoms with E-state index in [1.807, 2.05) is 6.07 Å². The van der Waals surface area contributed by atoms with Gasteiger partial charge >= 0.3 is 0 Å². The first kappa shape index (κ1) is 18.2. The average Bonchev–Trinajstić information content (AvgIpc) is 2.67. The maximum Gasteiger partial charge on any atom is 0.124 e. The molecule has 3 fully saturated rings. The van der Waals surface area contributed by atoms with E-state index in [-0.39, 0.29) is 12.4 Å². The highest BCUT2D eigenvalue weighted by Gasteiger charge is 2.33. The zero-order valence-corrected chi connectivity index (χ0v) is 15.4. The molecule has 5 rings (SSSR count). The van der Waals surface area contributed by atoms with Crippen LogP contribution in [-0.2, 0) is 13.2 Å². The highest BCUT2D eigenvalue weighted by atomic mass is 35.5. The molecule has 2 aromatic carbocycles. The molecular formula is C21H27ClN2O. The number of halogens is 1. The summed E-state index contributed by atoms with van der Waals surface area (Å²) in [5.74, 6) is 1.85. The van der Waals surface area contributed by atoms with Crippen molar-refractivity contribution >= 4 is 12.4 Å². The molecule has 0 spiro atoms. The molecule has 25 heavy (non-hydrogen) atoms. The maximum atomic E-state index is 6.07. The van der Waals surface area contributed by atoms with Crippen molar-refractivity contribution in [3.63, 3.8) is 0 Å². The van der Waals surface area contributed by atoms with Crippen LogP contribution in [0.5, 0.6) is 5.75 Å². The molecular weight excluding hydrogens is 332 g/mol. The zero-order valence-electron chi connectivity index (χ0n) is 14.6. The number of nitrogens with zero attached hydrogens (tertiary/aromatic N) is 1. The minimum atomic E-state index is 0. The van der Waals surface area contributed by atoms with Crippen molar-refractivity contribution in [3.05, 3.63) is 65.7 Å². The van der Waals surface area contributed by atoms with E-state index in [1.54, 1.807) is 0 Å². The Balaban J connectivity index is 0.00000182. The molecule has 2 bridgehead atoms. The van der Waals surface area contributed by atoms with Crippen LogP contribution >= 0.6 is 12.4 Å². The van der Waals surface area contributed by atoms with Crippen LogP contribution < -0.4 is 10.1 Å². The fourth-order valence-electron chi connectivity index (χ4n) is 3.96. The van der Waals surface area contributed by atoms with E-state index in [9.17, 15) is 0 Å². The minimum absolute atomic E-state index is 0. The molecule has 3 aliphatic rings. The Labute approximate surface area is 156 Å². The summed E-state index contributed by atoms with van der Waals surface area (Å²) in [5, 5.41) is 3.79. The summed E-state index contributed by atoms with van der Waals surface area (Å²) in [5.41, 5.74) is 2.46. The number of hydrogen-bond acceptors (Lipinski definition) is 3.